The number of aryl methyl sites for hydroxylation is 1. The van der Waals surface area contributed by atoms with Crippen LogP contribution in [0, 0.1) is 0 Å². The Labute approximate surface area is 107 Å². The molecule has 0 spiro atoms. The predicted octanol–water partition coefficient (Wildman–Crippen LogP) is 4.83. The first-order valence-electron chi connectivity index (χ1n) is 5.87. The van der Waals surface area contributed by atoms with Gasteiger partial charge in [0.05, 0.1) is 0 Å². The number of hydrogen-bond donors (Lipinski definition) is 0. The molecular formula is C16H13Cl. The van der Waals surface area contributed by atoms with E-state index in [2.05, 4.69) is 42.5 Å². The van der Waals surface area contributed by atoms with Gasteiger partial charge in [0.1, 0.15) is 0 Å². The fourth-order valence-corrected chi connectivity index (χ4v) is 2.49. The van der Waals surface area contributed by atoms with Crippen molar-refractivity contribution >= 4 is 23.3 Å². The van der Waals surface area contributed by atoms with Crippen LogP contribution in [0.3, 0.4) is 0 Å². The molecular weight excluding hydrogens is 228 g/mol. The molecule has 2 aromatic carbocycles. The Balaban J connectivity index is 1.99. The molecule has 0 bridgehead atoms. The van der Waals surface area contributed by atoms with E-state index in [1.807, 2.05) is 12.1 Å². The molecule has 0 radical (unpaired) electrons. The molecule has 1 aliphatic carbocycles. The highest BCUT2D eigenvalue weighted by Gasteiger charge is 2.14. The van der Waals surface area contributed by atoms with Crippen molar-refractivity contribution in [3.8, 4) is 0 Å². The van der Waals surface area contributed by atoms with Gasteiger partial charge in [0.15, 0.2) is 0 Å². The maximum Gasteiger partial charge on any atom is 0.0406 e. The van der Waals surface area contributed by atoms with Crippen molar-refractivity contribution in [2.75, 3.05) is 0 Å². The summed E-state index contributed by atoms with van der Waals surface area (Å²) >= 11 is 5.89. The Morgan fingerprint density at radius 3 is 2.47 bits per heavy atom. The van der Waals surface area contributed by atoms with Gasteiger partial charge >= 0.3 is 0 Å². The van der Waals surface area contributed by atoms with E-state index in [0.717, 1.165) is 17.9 Å². The van der Waals surface area contributed by atoms with Gasteiger partial charge in [0.2, 0.25) is 0 Å². The van der Waals surface area contributed by atoms with Gasteiger partial charge in [0.25, 0.3) is 0 Å². The first kappa shape index (κ1) is 10.6. The minimum atomic E-state index is 0.791. The topological polar surface area (TPSA) is 0 Å². The van der Waals surface area contributed by atoms with E-state index in [1.165, 1.54) is 22.3 Å². The zero-order valence-electron chi connectivity index (χ0n) is 9.49. The predicted molar refractivity (Wildman–Crippen MR) is 74.1 cm³/mol. The van der Waals surface area contributed by atoms with Crippen LogP contribution >= 0.6 is 11.6 Å². The number of allylic oxidation sites excluding steroid dienone is 1. The van der Waals surface area contributed by atoms with Crippen molar-refractivity contribution in [3.63, 3.8) is 0 Å². The summed E-state index contributed by atoms with van der Waals surface area (Å²) in [4.78, 5) is 0. The van der Waals surface area contributed by atoms with E-state index in [4.69, 9.17) is 11.6 Å². The summed E-state index contributed by atoms with van der Waals surface area (Å²) in [5, 5.41) is 0.791. The van der Waals surface area contributed by atoms with Crippen LogP contribution in [0.2, 0.25) is 5.02 Å². The second kappa shape index (κ2) is 4.38. The lowest BCUT2D eigenvalue weighted by molar-refractivity contribution is 1.08. The molecule has 0 nitrogen and oxygen atoms in total. The maximum atomic E-state index is 5.89. The fraction of sp³-hybridized carbons (Fsp3) is 0.125. The fourth-order valence-electron chi connectivity index (χ4n) is 2.37. The minimum absolute atomic E-state index is 0.791. The van der Waals surface area contributed by atoms with Crippen LogP contribution in [0.15, 0.2) is 48.5 Å². The van der Waals surface area contributed by atoms with Gasteiger partial charge in [-0.25, -0.2) is 0 Å². The third-order valence-corrected chi connectivity index (χ3v) is 3.49. The smallest absolute Gasteiger partial charge is 0.0406 e. The molecule has 0 saturated carbocycles. The number of fused-ring (bicyclic) bond motifs is 1. The summed E-state index contributed by atoms with van der Waals surface area (Å²) in [5.74, 6) is 0. The van der Waals surface area contributed by atoms with Crippen molar-refractivity contribution in [1.82, 2.24) is 0 Å². The van der Waals surface area contributed by atoms with Crippen LogP contribution in [-0.4, -0.2) is 0 Å². The zero-order chi connectivity index (χ0) is 11.7. The van der Waals surface area contributed by atoms with Crippen LogP contribution in [-0.2, 0) is 6.42 Å². The van der Waals surface area contributed by atoms with Gasteiger partial charge in [0, 0.05) is 5.02 Å². The number of hydrogen-bond acceptors (Lipinski definition) is 0. The number of halogens is 1. The van der Waals surface area contributed by atoms with Crippen molar-refractivity contribution < 1.29 is 0 Å². The highest BCUT2D eigenvalue weighted by Crippen LogP contribution is 2.33. The van der Waals surface area contributed by atoms with Crippen LogP contribution < -0.4 is 0 Å². The summed E-state index contributed by atoms with van der Waals surface area (Å²) in [5.41, 5.74) is 5.53. The molecule has 3 rings (SSSR count). The standard InChI is InChI=1S/C16H13Cl/c17-15-9-5-12(6-10-15)11-14-8-7-13-3-1-2-4-16(13)14/h1-6,9-11H,7-8H2. The Kier molecular flexibility index (Phi) is 2.74. The van der Waals surface area contributed by atoms with Gasteiger partial charge in [-0.05, 0) is 47.2 Å². The number of rotatable bonds is 1. The average Bonchev–Trinajstić information content (AvgIpc) is 2.76. The second-order valence-electron chi connectivity index (χ2n) is 4.38. The Morgan fingerprint density at radius 1 is 0.882 bits per heavy atom. The molecule has 0 aliphatic heterocycles. The van der Waals surface area contributed by atoms with E-state index >= 15 is 0 Å². The normalized spacial score (nSPS) is 16.2. The van der Waals surface area contributed by atoms with E-state index in [-0.39, 0.29) is 0 Å². The molecule has 0 atom stereocenters. The summed E-state index contributed by atoms with van der Waals surface area (Å²) in [7, 11) is 0. The average molecular weight is 241 g/mol. The maximum absolute atomic E-state index is 5.89. The van der Waals surface area contributed by atoms with Crippen molar-refractivity contribution in [2.45, 2.75) is 12.8 Å². The molecule has 84 valence electrons. The van der Waals surface area contributed by atoms with E-state index in [1.54, 1.807) is 0 Å². The first-order chi connectivity index (χ1) is 8.33. The molecule has 1 aliphatic rings. The van der Waals surface area contributed by atoms with Gasteiger partial charge in [-0.3, -0.25) is 0 Å². The molecule has 0 unspecified atom stereocenters. The molecule has 0 aromatic heterocycles. The van der Waals surface area contributed by atoms with Crippen LogP contribution in [0.25, 0.3) is 11.6 Å². The van der Waals surface area contributed by atoms with Gasteiger partial charge < -0.3 is 0 Å². The zero-order valence-corrected chi connectivity index (χ0v) is 10.2. The Bertz CT molecular complexity index is 564. The molecule has 0 amide bonds. The lowest BCUT2D eigenvalue weighted by Crippen LogP contribution is -1.79. The van der Waals surface area contributed by atoms with Crippen LogP contribution in [0.4, 0.5) is 0 Å². The lowest BCUT2D eigenvalue weighted by atomic mass is 10.0. The summed E-state index contributed by atoms with van der Waals surface area (Å²) in [6.45, 7) is 0. The van der Waals surface area contributed by atoms with Crippen molar-refractivity contribution in [2.24, 2.45) is 0 Å². The van der Waals surface area contributed by atoms with E-state index in [0.29, 0.717) is 0 Å². The SMILES string of the molecule is Clc1ccc(C=C2CCc3ccccc32)cc1. The van der Waals surface area contributed by atoms with Crippen molar-refractivity contribution in [3.05, 3.63) is 70.2 Å². The van der Waals surface area contributed by atoms with E-state index < -0.39 is 0 Å². The monoisotopic (exact) mass is 240 g/mol. The lowest BCUT2D eigenvalue weighted by Gasteiger charge is -2.01. The highest BCUT2D eigenvalue weighted by atomic mass is 35.5. The molecule has 1 heteroatoms. The third kappa shape index (κ3) is 2.13. The largest absolute Gasteiger partial charge is 0.0843 e. The molecule has 2 aromatic rings. The molecule has 0 N–H and O–H groups in total. The second-order valence-corrected chi connectivity index (χ2v) is 4.81. The van der Waals surface area contributed by atoms with Gasteiger partial charge in [-0.1, -0.05) is 54.1 Å². The number of benzene rings is 2. The van der Waals surface area contributed by atoms with Crippen LogP contribution in [0.1, 0.15) is 23.1 Å². The van der Waals surface area contributed by atoms with Gasteiger partial charge in [-0.15, -0.1) is 0 Å². The quantitative estimate of drug-likeness (QED) is 0.670. The third-order valence-electron chi connectivity index (χ3n) is 3.24. The molecule has 0 saturated heterocycles. The van der Waals surface area contributed by atoms with Crippen LogP contribution in [0.5, 0.6) is 0 Å². The molecule has 17 heavy (non-hydrogen) atoms. The summed E-state index contributed by atoms with van der Waals surface area (Å²) in [6, 6.07) is 16.7. The Hall–Kier alpha value is -1.53. The Morgan fingerprint density at radius 2 is 1.65 bits per heavy atom. The van der Waals surface area contributed by atoms with E-state index in [9.17, 15) is 0 Å². The summed E-state index contributed by atoms with van der Waals surface area (Å²) < 4.78 is 0. The molecule has 0 fully saturated rings. The summed E-state index contributed by atoms with van der Waals surface area (Å²) in [6.07, 6.45) is 4.57. The molecule has 0 heterocycles. The van der Waals surface area contributed by atoms with Gasteiger partial charge in [-0.2, -0.15) is 0 Å². The highest BCUT2D eigenvalue weighted by molar-refractivity contribution is 6.30. The minimum Gasteiger partial charge on any atom is -0.0843 e. The first-order valence-corrected chi connectivity index (χ1v) is 6.25. The van der Waals surface area contributed by atoms with Crippen molar-refractivity contribution in [1.29, 1.82) is 0 Å².